The Morgan fingerprint density at radius 3 is 2.81 bits per heavy atom. The van der Waals surface area contributed by atoms with Gasteiger partial charge in [-0.2, -0.15) is 0 Å². The molecule has 0 unspecified atom stereocenters. The number of benzene rings is 1. The Balaban J connectivity index is 1.91. The highest BCUT2D eigenvalue weighted by molar-refractivity contribution is 9.10. The second-order valence-electron chi connectivity index (χ2n) is 5.11. The maximum absolute atomic E-state index is 13.6. The SMILES string of the molecule is O=C(COc1ccc(Br)cc1F)N(CCCO)C1CCC1. The Labute approximate surface area is 132 Å². The quantitative estimate of drug-likeness (QED) is 0.814. The highest BCUT2D eigenvalue weighted by atomic mass is 79.9. The number of hydrogen-bond donors (Lipinski definition) is 1. The third kappa shape index (κ3) is 4.41. The lowest BCUT2D eigenvalue weighted by Crippen LogP contribution is -2.46. The van der Waals surface area contributed by atoms with E-state index in [9.17, 15) is 9.18 Å². The van der Waals surface area contributed by atoms with Gasteiger partial charge in [-0.1, -0.05) is 15.9 Å². The molecule has 1 aliphatic rings. The number of aliphatic hydroxyl groups is 1. The molecule has 1 aliphatic carbocycles. The van der Waals surface area contributed by atoms with Crippen molar-refractivity contribution in [2.75, 3.05) is 19.8 Å². The van der Waals surface area contributed by atoms with E-state index in [1.54, 1.807) is 11.0 Å². The predicted octanol–water partition coefficient (Wildman–Crippen LogP) is 2.73. The number of amides is 1. The zero-order chi connectivity index (χ0) is 15.2. The van der Waals surface area contributed by atoms with Crippen LogP contribution in [0, 0.1) is 5.82 Å². The van der Waals surface area contributed by atoms with Crippen LogP contribution >= 0.6 is 15.9 Å². The molecule has 0 aliphatic heterocycles. The number of aliphatic hydroxyl groups excluding tert-OH is 1. The minimum absolute atomic E-state index is 0.0543. The summed E-state index contributed by atoms with van der Waals surface area (Å²) in [6, 6.07) is 4.70. The van der Waals surface area contributed by atoms with E-state index in [-0.39, 0.29) is 30.9 Å². The zero-order valence-corrected chi connectivity index (χ0v) is 13.3. The van der Waals surface area contributed by atoms with Crippen LogP contribution < -0.4 is 4.74 Å². The molecule has 6 heteroatoms. The van der Waals surface area contributed by atoms with Gasteiger partial charge in [0.25, 0.3) is 5.91 Å². The number of rotatable bonds is 7. The number of ether oxygens (including phenoxy) is 1. The van der Waals surface area contributed by atoms with Gasteiger partial charge >= 0.3 is 0 Å². The number of halogens is 2. The number of carbonyl (C=O) groups excluding carboxylic acids is 1. The largest absolute Gasteiger partial charge is 0.481 e. The summed E-state index contributed by atoms with van der Waals surface area (Å²) in [7, 11) is 0. The van der Waals surface area contributed by atoms with Gasteiger partial charge < -0.3 is 14.7 Å². The van der Waals surface area contributed by atoms with Crippen LogP contribution in [0.1, 0.15) is 25.7 Å². The first-order valence-electron chi connectivity index (χ1n) is 7.10. The molecular formula is C15H19BrFNO3. The second-order valence-corrected chi connectivity index (χ2v) is 6.03. The van der Waals surface area contributed by atoms with Crippen molar-refractivity contribution in [3.05, 3.63) is 28.5 Å². The Hall–Kier alpha value is -1.14. The number of carbonyl (C=O) groups is 1. The molecule has 1 aromatic carbocycles. The Morgan fingerprint density at radius 2 is 2.24 bits per heavy atom. The molecule has 1 amide bonds. The van der Waals surface area contributed by atoms with Gasteiger partial charge in [0.1, 0.15) is 0 Å². The van der Waals surface area contributed by atoms with Crippen molar-refractivity contribution >= 4 is 21.8 Å². The van der Waals surface area contributed by atoms with Crippen LogP contribution in [0.5, 0.6) is 5.75 Å². The van der Waals surface area contributed by atoms with Crippen molar-refractivity contribution in [2.45, 2.75) is 31.7 Å². The van der Waals surface area contributed by atoms with Gasteiger partial charge in [-0.15, -0.1) is 0 Å². The number of nitrogens with zero attached hydrogens (tertiary/aromatic N) is 1. The topological polar surface area (TPSA) is 49.8 Å². The lowest BCUT2D eigenvalue weighted by Gasteiger charge is -2.37. The van der Waals surface area contributed by atoms with Crippen LogP contribution in [-0.4, -0.2) is 41.7 Å². The molecule has 1 saturated carbocycles. The van der Waals surface area contributed by atoms with Crippen LogP contribution in [0.4, 0.5) is 4.39 Å². The first kappa shape index (κ1) is 16.2. The molecule has 1 aromatic rings. The summed E-state index contributed by atoms with van der Waals surface area (Å²) in [5.41, 5.74) is 0. The zero-order valence-electron chi connectivity index (χ0n) is 11.7. The van der Waals surface area contributed by atoms with Crippen LogP contribution in [0.3, 0.4) is 0 Å². The van der Waals surface area contributed by atoms with Gasteiger partial charge in [-0.05, 0) is 43.9 Å². The lowest BCUT2D eigenvalue weighted by molar-refractivity contribution is -0.137. The van der Waals surface area contributed by atoms with E-state index in [1.165, 1.54) is 12.1 Å². The van der Waals surface area contributed by atoms with Crippen LogP contribution in [-0.2, 0) is 4.79 Å². The molecule has 1 N–H and O–H groups in total. The molecule has 4 nitrogen and oxygen atoms in total. The van der Waals surface area contributed by atoms with Crippen LogP contribution in [0.2, 0.25) is 0 Å². The second kappa shape index (κ2) is 7.75. The summed E-state index contributed by atoms with van der Waals surface area (Å²) >= 11 is 3.17. The first-order chi connectivity index (χ1) is 10.1. The van der Waals surface area contributed by atoms with Crippen molar-refractivity contribution < 1.29 is 19.0 Å². The van der Waals surface area contributed by atoms with Gasteiger partial charge in [0, 0.05) is 23.7 Å². The Bertz CT molecular complexity index is 494. The molecule has 21 heavy (non-hydrogen) atoms. The van der Waals surface area contributed by atoms with Crippen molar-refractivity contribution in [3.63, 3.8) is 0 Å². The molecule has 0 bridgehead atoms. The lowest BCUT2D eigenvalue weighted by atomic mass is 9.91. The van der Waals surface area contributed by atoms with Crippen molar-refractivity contribution in [1.82, 2.24) is 4.90 Å². The average Bonchev–Trinajstić information content (AvgIpc) is 2.40. The van der Waals surface area contributed by atoms with Gasteiger partial charge in [0.15, 0.2) is 18.2 Å². The smallest absolute Gasteiger partial charge is 0.260 e. The third-order valence-corrected chi connectivity index (χ3v) is 4.13. The number of hydrogen-bond acceptors (Lipinski definition) is 3. The van der Waals surface area contributed by atoms with Gasteiger partial charge in [-0.25, -0.2) is 4.39 Å². The summed E-state index contributed by atoms with van der Waals surface area (Å²) in [5, 5.41) is 8.92. The highest BCUT2D eigenvalue weighted by Gasteiger charge is 2.28. The first-order valence-corrected chi connectivity index (χ1v) is 7.89. The molecule has 0 saturated heterocycles. The van der Waals surface area contributed by atoms with E-state index in [2.05, 4.69) is 15.9 Å². The van der Waals surface area contributed by atoms with E-state index < -0.39 is 5.82 Å². The van der Waals surface area contributed by atoms with Crippen molar-refractivity contribution in [3.8, 4) is 5.75 Å². The van der Waals surface area contributed by atoms with Crippen molar-refractivity contribution in [1.29, 1.82) is 0 Å². The third-order valence-electron chi connectivity index (χ3n) is 3.64. The average molecular weight is 360 g/mol. The van der Waals surface area contributed by atoms with E-state index >= 15 is 0 Å². The maximum Gasteiger partial charge on any atom is 0.260 e. The molecule has 116 valence electrons. The molecule has 0 aromatic heterocycles. The standard InChI is InChI=1S/C15H19BrFNO3/c16-11-5-6-14(13(17)9-11)21-10-15(20)18(7-2-8-19)12-3-1-4-12/h5-6,9,12,19H,1-4,7-8,10H2. The molecule has 0 atom stereocenters. The monoisotopic (exact) mass is 359 g/mol. The fourth-order valence-corrected chi connectivity index (χ4v) is 2.60. The van der Waals surface area contributed by atoms with E-state index in [0.717, 1.165) is 19.3 Å². The van der Waals surface area contributed by atoms with E-state index in [1.807, 2.05) is 0 Å². The Kier molecular flexibility index (Phi) is 5.99. The fourth-order valence-electron chi connectivity index (χ4n) is 2.27. The summed E-state index contributed by atoms with van der Waals surface area (Å²) in [6.07, 6.45) is 3.65. The maximum atomic E-state index is 13.6. The fraction of sp³-hybridized carbons (Fsp3) is 0.533. The molecule has 1 fully saturated rings. The minimum Gasteiger partial charge on any atom is -0.481 e. The molecule has 0 heterocycles. The van der Waals surface area contributed by atoms with Crippen molar-refractivity contribution in [2.24, 2.45) is 0 Å². The molecule has 0 spiro atoms. The van der Waals surface area contributed by atoms with E-state index in [0.29, 0.717) is 17.4 Å². The molecular weight excluding hydrogens is 341 g/mol. The van der Waals surface area contributed by atoms with Gasteiger partial charge in [0.05, 0.1) is 0 Å². The van der Waals surface area contributed by atoms with Gasteiger partial charge in [0.2, 0.25) is 0 Å². The summed E-state index contributed by atoms with van der Waals surface area (Å²) in [6.45, 7) is 0.394. The predicted molar refractivity (Wildman–Crippen MR) is 80.6 cm³/mol. The van der Waals surface area contributed by atoms with Crippen LogP contribution in [0.25, 0.3) is 0 Å². The summed E-state index contributed by atoms with van der Waals surface area (Å²) in [5.74, 6) is -0.583. The van der Waals surface area contributed by atoms with Gasteiger partial charge in [-0.3, -0.25) is 4.79 Å². The molecule has 0 radical (unpaired) electrons. The minimum atomic E-state index is -0.497. The summed E-state index contributed by atoms with van der Waals surface area (Å²) in [4.78, 5) is 14.0. The van der Waals surface area contributed by atoms with Crippen LogP contribution in [0.15, 0.2) is 22.7 Å². The van der Waals surface area contributed by atoms with E-state index in [4.69, 9.17) is 9.84 Å². The normalized spacial score (nSPS) is 14.6. The summed E-state index contributed by atoms with van der Waals surface area (Å²) < 4.78 is 19.5. The Morgan fingerprint density at radius 1 is 1.48 bits per heavy atom. The molecule has 2 rings (SSSR count). The highest BCUT2D eigenvalue weighted by Crippen LogP contribution is 2.26.